The van der Waals surface area contributed by atoms with Gasteiger partial charge in [0.05, 0.1) is 14.2 Å². The van der Waals surface area contributed by atoms with Crippen LogP contribution in [0.2, 0.25) is 0 Å². The van der Waals surface area contributed by atoms with Crippen LogP contribution < -0.4 is 9.47 Å². The van der Waals surface area contributed by atoms with E-state index in [1.54, 1.807) is 7.11 Å². The number of carbonyl (C=O) groups is 1. The lowest BCUT2D eigenvalue weighted by molar-refractivity contribution is -0.140. The molecular weight excluding hydrogens is 456 g/mol. The van der Waals surface area contributed by atoms with E-state index in [1.807, 2.05) is 78.9 Å². The van der Waals surface area contributed by atoms with Crippen molar-refractivity contribution < 1.29 is 23.4 Å². The fraction of sp³-hybridized carbons (Fsp3) is 0.138. The third-order valence-electron chi connectivity index (χ3n) is 5.85. The zero-order valence-electron chi connectivity index (χ0n) is 19.9. The van der Waals surface area contributed by atoms with Gasteiger partial charge in [-0.1, -0.05) is 54.6 Å². The molecular formula is C29H24N2O5. The van der Waals surface area contributed by atoms with E-state index in [-0.39, 0.29) is 5.97 Å². The molecule has 0 unspecified atom stereocenters. The van der Waals surface area contributed by atoms with Gasteiger partial charge in [0.25, 0.3) is 0 Å². The van der Waals surface area contributed by atoms with Crippen LogP contribution in [0.1, 0.15) is 12.0 Å². The molecule has 0 N–H and O–H groups in total. The van der Waals surface area contributed by atoms with Crippen LogP contribution in [0.4, 0.5) is 0 Å². The second kappa shape index (κ2) is 10.3. The number of hydrogen-bond acceptors (Lipinski definition) is 7. The number of hydrogen-bond donors (Lipinski definition) is 0. The first-order valence-electron chi connectivity index (χ1n) is 11.5. The van der Waals surface area contributed by atoms with Crippen molar-refractivity contribution in [3.63, 3.8) is 0 Å². The molecule has 0 fully saturated rings. The van der Waals surface area contributed by atoms with Gasteiger partial charge in [0, 0.05) is 17.5 Å². The van der Waals surface area contributed by atoms with Crippen LogP contribution in [0.25, 0.3) is 33.6 Å². The van der Waals surface area contributed by atoms with Gasteiger partial charge < -0.3 is 18.6 Å². The standard InChI is InChI=1S/C29H24N2O5/c1-33-22-15-11-20(12-16-22)25-26-28(35-23-13-8-19(9-14-23)10-17-24(32)34-2)30-18-31-29(26)36-27(25)21-6-4-3-5-7-21/h3-9,11-16,18H,10,17H2,1-2H3. The van der Waals surface area contributed by atoms with Gasteiger partial charge in [0.2, 0.25) is 11.6 Å². The second-order valence-electron chi connectivity index (χ2n) is 8.08. The summed E-state index contributed by atoms with van der Waals surface area (Å²) in [6, 6.07) is 25.2. The number of nitrogens with zero attached hydrogens (tertiary/aromatic N) is 2. The van der Waals surface area contributed by atoms with E-state index in [0.717, 1.165) is 28.0 Å². The van der Waals surface area contributed by atoms with Crippen molar-refractivity contribution in [2.45, 2.75) is 12.8 Å². The normalized spacial score (nSPS) is 10.8. The molecule has 5 aromatic rings. The summed E-state index contributed by atoms with van der Waals surface area (Å²) < 4.78 is 22.5. The van der Waals surface area contributed by atoms with Crippen molar-refractivity contribution in [2.24, 2.45) is 0 Å². The fourth-order valence-electron chi connectivity index (χ4n) is 3.99. The Hall–Kier alpha value is -4.65. The molecule has 0 amide bonds. The third kappa shape index (κ3) is 4.77. The summed E-state index contributed by atoms with van der Waals surface area (Å²) in [5, 5.41) is 0.677. The van der Waals surface area contributed by atoms with Crippen LogP contribution in [-0.4, -0.2) is 30.2 Å². The van der Waals surface area contributed by atoms with Crippen LogP contribution in [0.5, 0.6) is 17.4 Å². The van der Waals surface area contributed by atoms with Gasteiger partial charge in [-0.3, -0.25) is 4.79 Å². The Morgan fingerprint density at radius 2 is 1.56 bits per heavy atom. The van der Waals surface area contributed by atoms with Gasteiger partial charge in [-0.15, -0.1) is 0 Å². The maximum atomic E-state index is 11.4. The molecule has 0 bridgehead atoms. The Balaban J connectivity index is 1.56. The van der Waals surface area contributed by atoms with E-state index in [0.29, 0.717) is 41.3 Å². The van der Waals surface area contributed by atoms with Crippen molar-refractivity contribution >= 4 is 17.1 Å². The number of carbonyl (C=O) groups excluding carboxylic acids is 1. The SMILES string of the molecule is COC(=O)CCc1ccc(Oc2ncnc3oc(-c4ccccc4)c(-c4ccc(OC)cc4)c23)cc1. The van der Waals surface area contributed by atoms with Crippen molar-refractivity contribution in [3.05, 3.63) is 90.8 Å². The van der Waals surface area contributed by atoms with Gasteiger partial charge in [-0.2, -0.15) is 0 Å². The molecule has 180 valence electrons. The van der Waals surface area contributed by atoms with E-state index in [2.05, 4.69) is 9.97 Å². The molecule has 5 rings (SSSR count). The molecule has 0 aliphatic rings. The van der Waals surface area contributed by atoms with Gasteiger partial charge in [-0.05, 0) is 41.8 Å². The van der Waals surface area contributed by atoms with Gasteiger partial charge >= 0.3 is 5.97 Å². The molecule has 3 aromatic carbocycles. The number of esters is 1. The largest absolute Gasteiger partial charge is 0.497 e. The number of furan rings is 1. The Morgan fingerprint density at radius 3 is 2.25 bits per heavy atom. The van der Waals surface area contributed by atoms with Crippen molar-refractivity contribution in [1.29, 1.82) is 0 Å². The molecule has 2 aromatic heterocycles. The zero-order valence-corrected chi connectivity index (χ0v) is 19.9. The number of fused-ring (bicyclic) bond motifs is 1. The number of methoxy groups -OCH3 is 2. The van der Waals surface area contributed by atoms with Crippen molar-refractivity contribution in [1.82, 2.24) is 9.97 Å². The van der Waals surface area contributed by atoms with E-state index < -0.39 is 0 Å². The number of aromatic nitrogens is 2. The van der Waals surface area contributed by atoms with Crippen LogP contribution >= 0.6 is 0 Å². The molecule has 36 heavy (non-hydrogen) atoms. The molecule has 0 saturated carbocycles. The summed E-state index contributed by atoms with van der Waals surface area (Å²) in [4.78, 5) is 20.3. The Kier molecular flexibility index (Phi) is 6.62. The summed E-state index contributed by atoms with van der Waals surface area (Å²) in [6.07, 6.45) is 2.35. The lowest BCUT2D eigenvalue weighted by atomic mass is 9.99. The lowest BCUT2D eigenvalue weighted by Gasteiger charge is -2.09. The molecule has 0 radical (unpaired) electrons. The van der Waals surface area contributed by atoms with Crippen molar-refractivity contribution in [2.75, 3.05) is 14.2 Å². The van der Waals surface area contributed by atoms with Crippen LogP contribution in [0, 0.1) is 0 Å². The van der Waals surface area contributed by atoms with Crippen LogP contribution in [0.15, 0.2) is 89.6 Å². The molecule has 0 aliphatic carbocycles. The van der Waals surface area contributed by atoms with E-state index in [9.17, 15) is 4.79 Å². The summed E-state index contributed by atoms with van der Waals surface area (Å²) in [5.74, 6) is 2.20. The molecule has 2 heterocycles. The topological polar surface area (TPSA) is 83.7 Å². The van der Waals surface area contributed by atoms with Gasteiger partial charge in [0.15, 0.2) is 0 Å². The highest BCUT2D eigenvalue weighted by molar-refractivity contribution is 6.03. The van der Waals surface area contributed by atoms with Crippen LogP contribution in [-0.2, 0) is 16.0 Å². The molecule has 7 nitrogen and oxygen atoms in total. The predicted octanol–water partition coefficient (Wildman–Crippen LogP) is 6.46. The minimum atomic E-state index is -0.237. The highest BCUT2D eigenvalue weighted by atomic mass is 16.5. The Bertz CT molecular complexity index is 1480. The maximum absolute atomic E-state index is 11.4. The van der Waals surface area contributed by atoms with E-state index in [1.165, 1.54) is 13.4 Å². The van der Waals surface area contributed by atoms with Crippen LogP contribution in [0.3, 0.4) is 0 Å². The zero-order chi connectivity index (χ0) is 24.9. The minimum Gasteiger partial charge on any atom is -0.497 e. The number of benzene rings is 3. The fourth-order valence-corrected chi connectivity index (χ4v) is 3.99. The second-order valence-corrected chi connectivity index (χ2v) is 8.08. The van der Waals surface area contributed by atoms with E-state index >= 15 is 0 Å². The summed E-state index contributed by atoms with van der Waals surface area (Å²) in [6.45, 7) is 0. The molecule has 0 aliphatic heterocycles. The summed E-state index contributed by atoms with van der Waals surface area (Å²) >= 11 is 0. The lowest BCUT2D eigenvalue weighted by Crippen LogP contribution is -2.01. The Labute approximate surface area is 208 Å². The number of ether oxygens (including phenoxy) is 3. The average molecular weight is 481 g/mol. The van der Waals surface area contributed by atoms with Gasteiger partial charge in [0.1, 0.15) is 29.0 Å². The quantitative estimate of drug-likeness (QED) is 0.236. The summed E-state index contributed by atoms with van der Waals surface area (Å²) in [5.41, 5.74) is 4.12. The smallest absolute Gasteiger partial charge is 0.305 e. The predicted molar refractivity (Wildman–Crippen MR) is 136 cm³/mol. The average Bonchev–Trinajstić information content (AvgIpc) is 3.34. The first kappa shape index (κ1) is 23.1. The maximum Gasteiger partial charge on any atom is 0.305 e. The third-order valence-corrected chi connectivity index (χ3v) is 5.85. The monoisotopic (exact) mass is 480 g/mol. The first-order chi connectivity index (χ1) is 17.7. The molecule has 0 atom stereocenters. The first-order valence-corrected chi connectivity index (χ1v) is 11.5. The van der Waals surface area contributed by atoms with E-state index in [4.69, 9.17) is 18.6 Å². The highest BCUT2D eigenvalue weighted by Crippen LogP contribution is 2.44. The molecule has 0 saturated heterocycles. The molecule has 7 heteroatoms. The minimum absolute atomic E-state index is 0.237. The van der Waals surface area contributed by atoms with Gasteiger partial charge in [-0.25, -0.2) is 9.97 Å². The van der Waals surface area contributed by atoms with Crippen molar-refractivity contribution in [3.8, 4) is 39.8 Å². The Morgan fingerprint density at radius 1 is 0.833 bits per heavy atom. The summed E-state index contributed by atoms with van der Waals surface area (Å²) in [7, 11) is 3.03. The number of aryl methyl sites for hydroxylation is 1. The number of rotatable bonds is 8. The highest BCUT2D eigenvalue weighted by Gasteiger charge is 2.23. The molecule has 0 spiro atoms.